The maximum atomic E-state index is 2.60. The molecular weight excluding hydrogens is 711 g/mol. The summed E-state index contributed by atoms with van der Waals surface area (Å²) in [7, 11) is 0. The first-order valence-electron chi connectivity index (χ1n) is 21.7. The number of para-hydroxylation sites is 1. The Morgan fingerprint density at radius 1 is 0.492 bits per heavy atom. The van der Waals surface area contributed by atoms with Crippen molar-refractivity contribution in [3.05, 3.63) is 245 Å². The molecule has 1 heteroatoms. The summed E-state index contributed by atoms with van der Waals surface area (Å²) in [6.07, 6.45) is 24.5. The van der Waals surface area contributed by atoms with Crippen LogP contribution in [-0.2, 0) is 6.42 Å². The van der Waals surface area contributed by atoms with Crippen molar-refractivity contribution in [2.75, 3.05) is 4.90 Å². The summed E-state index contributed by atoms with van der Waals surface area (Å²) in [6, 6.07) is 60.4. The van der Waals surface area contributed by atoms with Crippen LogP contribution in [0.5, 0.6) is 0 Å². The molecule has 3 atom stereocenters. The first-order chi connectivity index (χ1) is 29.2. The number of rotatable bonds is 11. The molecule has 0 saturated heterocycles. The Morgan fingerprint density at radius 2 is 1.03 bits per heavy atom. The number of nitrogens with zero attached hydrogens (tertiary/aromatic N) is 1. The number of anilines is 1. The second-order valence-electron chi connectivity index (χ2n) is 16.6. The van der Waals surface area contributed by atoms with Gasteiger partial charge in [-0.2, -0.15) is 0 Å². The Labute approximate surface area is 350 Å². The highest BCUT2D eigenvalue weighted by atomic mass is 15.2. The summed E-state index contributed by atoms with van der Waals surface area (Å²) in [6.45, 7) is 0. The van der Waals surface area contributed by atoms with Gasteiger partial charge in [0, 0.05) is 17.3 Å². The topological polar surface area (TPSA) is 3.24 Å². The van der Waals surface area contributed by atoms with E-state index in [9.17, 15) is 0 Å². The van der Waals surface area contributed by atoms with Crippen LogP contribution < -0.4 is 4.90 Å². The maximum Gasteiger partial charge on any atom is 0.0626 e. The predicted molar refractivity (Wildman–Crippen MR) is 249 cm³/mol. The van der Waals surface area contributed by atoms with Gasteiger partial charge in [-0.3, -0.25) is 0 Å². The van der Waals surface area contributed by atoms with Crippen LogP contribution >= 0.6 is 0 Å². The van der Waals surface area contributed by atoms with Gasteiger partial charge in [0.15, 0.2) is 0 Å². The number of allylic oxidation sites excluding steroid dienone is 9. The van der Waals surface area contributed by atoms with E-state index in [1.807, 2.05) is 0 Å². The fraction of sp³-hybridized carbons (Fsp3) is 0.172. The molecule has 0 bridgehead atoms. The molecule has 1 heterocycles. The fourth-order valence-corrected chi connectivity index (χ4v) is 9.86. The molecule has 0 radical (unpaired) electrons. The molecule has 1 nitrogen and oxygen atoms in total. The third-order valence-electron chi connectivity index (χ3n) is 13.1. The fourth-order valence-electron chi connectivity index (χ4n) is 9.86. The molecule has 10 rings (SSSR count). The molecule has 1 aliphatic heterocycles. The molecule has 3 unspecified atom stereocenters. The van der Waals surface area contributed by atoms with Crippen molar-refractivity contribution in [1.29, 1.82) is 0 Å². The van der Waals surface area contributed by atoms with Gasteiger partial charge in [-0.25, -0.2) is 0 Å². The Bertz CT molecular complexity index is 2580. The van der Waals surface area contributed by atoms with Gasteiger partial charge in [0.2, 0.25) is 0 Å². The highest BCUT2D eigenvalue weighted by Gasteiger charge is 2.40. The SMILES string of the molecule is C1=CC2C3=C(CCC(C4=CC=C(CC(CCc5ccc(-c6ccccc6)cc5)c5ccc(-c6ccc(-c7ccccc7)cc6)cc5)CC4)=C3)N(c3ccccc3)C2C=C1. The molecule has 0 fully saturated rings. The van der Waals surface area contributed by atoms with E-state index in [0.717, 1.165) is 44.9 Å². The van der Waals surface area contributed by atoms with E-state index in [1.165, 1.54) is 67.0 Å². The lowest BCUT2D eigenvalue weighted by molar-refractivity contribution is 0.603. The monoisotopic (exact) mass is 761 g/mol. The molecule has 0 aromatic heterocycles. The van der Waals surface area contributed by atoms with Crippen LogP contribution in [0.25, 0.3) is 33.4 Å². The van der Waals surface area contributed by atoms with E-state index in [-0.39, 0.29) is 0 Å². The van der Waals surface area contributed by atoms with Crippen molar-refractivity contribution in [3.8, 4) is 33.4 Å². The first kappa shape index (κ1) is 36.9. The Kier molecular flexibility index (Phi) is 10.5. The molecule has 0 saturated carbocycles. The quantitative estimate of drug-likeness (QED) is 0.127. The van der Waals surface area contributed by atoms with Crippen molar-refractivity contribution >= 4 is 5.69 Å². The smallest absolute Gasteiger partial charge is 0.0626 e. The zero-order valence-corrected chi connectivity index (χ0v) is 33.8. The maximum absolute atomic E-state index is 2.60. The van der Waals surface area contributed by atoms with Crippen molar-refractivity contribution < 1.29 is 0 Å². The molecule has 0 spiro atoms. The lowest BCUT2D eigenvalue weighted by Crippen LogP contribution is -2.32. The summed E-state index contributed by atoms with van der Waals surface area (Å²) < 4.78 is 0. The van der Waals surface area contributed by atoms with Crippen LogP contribution in [0.2, 0.25) is 0 Å². The van der Waals surface area contributed by atoms with Crippen molar-refractivity contribution in [2.24, 2.45) is 5.92 Å². The largest absolute Gasteiger partial charge is 0.337 e. The third-order valence-corrected chi connectivity index (χ3v) is 13.1. The molecule has 6 aromatic rings. The lowest BCUT2D eigenvalue weighted by atomic mass is 9.80. The van der Waals surface area contributed by atoms with Gasteiger partial charge >= 0.3 is 0 Å². The highest BCUT2D eigenvalue weighted by molar-refractivity contribution is 5.71. The Hall–Kier alpha value is -6.44. The van der Waals surface area contributed by atoms with Crippen LogP contribution in [0.3, 0.4) is 0 Å². The zero-order chi connectivity index (χ0) is 39.4. The van der Waals surface area contributed by atoms with Crippen LogP contribution in [0, 0.1) is 5.92 Å². The third kappa shape index (κ3) is 7.91. The molecule has 6 aromatic carbocycles. The van der Waals surface area contributed by atoms with Crippen LogP contribution in [0.1, 0.15) is 55.6 Å². The summed E-state index contributed by atoms with van der Waals surface area (Å²) >= 11 is 0. The summed E-state index contributed by atoms with van der Waals surface area (Å²) in [5.74, 6) is 0.864. The van der Waals surface area contributed by atoms with E-state index in [0.29, 0.717) is 17.9 Å². The molecule has 59 heavy (non-hydrogen) atoms. The van der Waals surface area contributed by atoms with Gasteiger partial charge in [0.1, 0.15) is 0 Å². The Balaban J connectivity index is 0.884. The molecule has 3 aliphatic carbocycles. The number of benzene rings is 6. The van der Waals surface area contributed by atoms with Crippen LogP contribution in [0.15, 0.2) is 234 Å². The standard InChI is InChI=1S/C58H51N/c1-4-12-44(13-5-1)46-25-20-42(21-26-46)22-29-52(51-36-34-49(35-37-51)48-32-30-47(31-33-48)45-14-6-2-7-15-45)40-43-23-27-50(28-24-43)53-38-39-58-56(41-53)55-18-10-11-19-57(55)59(58)54-16-8-3-9-17-54/h1-21,23,25-27,30-37,41,52,55,57H,22,24,28-29,38-40H2. The average Bonchev–Trinajstić information content (AvgIpc) is 3.65. The van der Waals surface area contributed by atoms with Gasteiger partial charge in [-0.15, -0.1) is 0 Å². The Morgan fingerprint density at radius 3 is 1.64 bits per heavy atom. The van der Waals surface area contributed by atoms with E-state index in [4.69, 9.17) is 0 Å². The summed E-state index contributed by atoms with van der Waals surface area (Å²) in [5, 5.41) is 0. The van der Waals surface area contributed by atoms with Gasteiger partial charge < -0.3 is 4.90 Å². The summed E-state index contributed by atoms with van der Waals surface area (Å²) in [5.41, 5.74) is 19.4. The minimum absolute atomic E-state index is 0.364. The molecule has 288 valence electrons. The number of fused-ring (bicyclic) bond motifs is 2. The van der Waals surface area contributed by atoms with Crippen molar-refractivity contribution in [1.82, 2.24) is 0 Å². The second-order valence-corrected chi connectivity index (χ2v) is 16.6. The van der Waals surface area contributed by atoms with Crippen molar-refractivity contribution in [2.45, 2.75) is 56.9 Å². The van der Waals surface area contributed by atoms with Crippen LogP contribution in [-0.4, -0.2) is 6.04 Å². The average molecular weight is 762 g/mol. The zero-order valence-electron chi connectivity index (χ0n) is 33.8. The lowest BCUT2D eigenvalue weighted by Gasteiger charge is -2.31. The molecule has 4 aliphatic rings. The molecular formula is C58H51N. The highest BCUT2D eigenvalue weighted by Crippen LogP contribution is 2.47. The molecule has 0 N–H and O–H groups in total. The summed E-state index contributed by atoms with van der Waals surface area (Å²) in [4.78, 5) is 2.60. The first-order valence-corrected chi connectivity index (χ1v) is 21.7. The number of hydrogen-bond acceptors (Lipinski definition) is 1. The minimum atomic E-state index is 0.364. The van der Waals surface area contributed by atoms with E-state index < -0.39 is 0 Å². The van der Waals surface area contributed by atoms with E-state index in [1.54, 1.807) is 11.1 Å². The van der Waals surface area contributed by atoms with Crippen molar-refractivity contribution in [3.63, 3.8) is 0 Å². The predicted octanol–water partition coefficient (Wildman–Crippen LogP) is 15.0. The van der Waals surface area contributed by atoms with Crippen LogP contribution in [0.4, 0.5) is 5.69 Å². The normalized spacial score (nSPS) is 18.8. The van der Waals surface area contributed by atoms with Gasteiger partial charge in [0.25, 0.3) is 0 Å². The van der Waals surface area contributed by atoms with Gasteiger partial charge in [0.05, 0.1) is 6.04 Å². The number of hydrogen-bond donors (Lipinski definition) is 0. The van der Waals surface area contributed by atoms with E-state index in [2.05, 4.69) is 211 Å². The van der Waals surface area contributed by atoms with Gasteiger partial charge in [-0.05, 0) is 124 Å². The minimum Gasteiger partial charge on any atom is -0.337 e. The second kappa shape index (κ2) is 16.8. The van der Waals surface area contributed by atoms with E-state index >= 15 is 0 Å². The van der Waals surface area contributed by atoms with Gasteiger partial charge in [-0.1, -0.05) is 200 Å². The molecule has 0 amide bonds. The number of aryl methyl sites for hydroxylation is 1.